The average molecular weight is 367 g/mol. The number of rotatable bonds is 4. The Morgan fingerprint density at radius 2 is 2.11 bits per heavy atom. The van der Waals surface area contributed by atoms with Crippen molar-refractivity contribution in [2.45, 2.75) is 30.8 Å². The first kappa shape index (κ1) is 17.1. The third kappa shape index (κ3) is 2.65. The van der Waals surface area contributed by atoms with Gasteiger partial charge in [0.2, 0.25) is 0 Å². The number of fused-ring (bicyclic) bond motifs is 3. The number of hydrogen-bond donors (Lipinski definition) is 0. The van der Waals surface area contributed by atoms with Gasteiger partial charge in [-0.05, 0) is 42.6 Å². The maximum absolute atomic E-state index is 16.0. The monoisotopic (exact) mass is 367 g/mol. The number of methoxy groups -OCH3 is 1. The minimum Gasteiger partial charge on any atom is -0.496 e. The molecule has 3 nitrogen and oxygen atoms in total. The second kappa shape index (κ2) is 6.52. The zero-order valence-corrected chi connectivity index (χ0v) is 15.8. The Kier molecular flexibility index (Phi) is 4.12. The molecular weight excluding hydrogens is 341 g/mol. The molecule has 1 aliphatic carbocycles. The van der Waals surface area contributed by atoms with E-state index < -0.39 is 5.67 Å². The van der Waals surface area contributed by atoms with E-state index in [1.54, 1.807) is 7.11 Å². The summed E-state index contributed by atoms with van der Waals surface area (Å²) in [7, 11) is 1.72. The maximum atomic E-state index is 16.0. The number of benzene rings is 2. The highest BCUT2D eigenvalue weighted by Crippen LogP contribution is 2.60. The summed E-state index contributed by atoms with van der Waals surface area (Å²) in [6.07, 6.45) is 2.37. The molecule has 142 valence electrons. The smallest absolute Gasteiger partial charge is 0.146 e. The van der Waals surface area contributed by atoms with Gasteiger partial charge < -0.3 is 14.4 Å². The van der Waals surface area contributed by atoms with Crippen LogP contribution in [0.15, 0.2) is 42.5 Å². The van der Waals surface area contributed by atoms with Crippen molar-refractivity contribution < 1.29 is 13.9 Å². The van der Waals surface area contributed by atoms with Gasteiger partial charge in [0.15, 0.2) is 0 Å². The topological polar surface area (TPSA) is 21.7 Å². The molecule has 2 aromatic rings. The lowest BCUT2D eigenvalue weighted by Gasteiger charge is -2.40. The summed E-state index contributed by atoms with van der Waals surface area (Å²) in [5.41, 5.74) is 2.09. The van der Waals surface area contributed by atoms with Crippen LogP contribution in [-0.2, 0) is 12.1 Å². The van der Waals surface area contributed by atoms with Crippen molar-refractivity contribution in [2.24, 2.45) is 5.92 Å². The summed E-state index contributed by atoms with van der Waals surface area (Å²) < 4.78 is 27.3. The fraction of sp³-hybridized carbons (Fsp3) is 0.478. The molecule has 27 heavy (non-hydrogen) atoms. The van der Waals surface area contributed by atoms with Crippen molar-refractivity contribution >= 4 is 0 Å². The van der Waals surface area contributed by atoms with Crippen LogP contribution in [0.3, 0.4) is 0 Å². The van der Waals surface area contributed by atoms with Gasteiger partial charge in [-0.3, -0.25) is 0 Å². The Bertz CT molecular complexity index is 854. The van der Waals surface area contributed by atoms with Crippen molar-refractivity contribution in [3.05, 3.63) is 59.2 Å². The number of alkyl halides is 1. The Morgan fingerprint density at radius 1 is 1.22 bits per heavy atom. The van der Waals surface area contributed by atoms with Crippen molar-refractivity contribution in [3.8, 4) is 11.5 Å². The van der Waals surface area contributed by atoms with E-state index in [-0.39, 0.29) is 11.8 Å². The zero-order chi connectivity index (χ0) is 18.4. The molecule has 5 rings (SSSR count). The van der Waals surface area contributed by atoms with Crippen LogP contribution in [-0.4, -0.2) is 38.3 Å². The van der Waals surface area contributed by atoms with Crippen molar-refractivity contribution in [2.75, 3.05) is 33.4 Å². The third-order valence-electron chi connectivity index (χ3n) is 6.77. The average Bonchev–Trinajstić information content (AvgIpc) is 2.97. The van der Waals surface area contributed by atoms with E-state index in [0.29, 0.717) is 13.0 Å². The third-order valence-corrected chi connectivity index (χ3v) is 6.77. The molecule has 3 atom stereocenters. The summed E-state index contributed by atoms with van der Waals surface area (Å²) in [4.78, 5) is 2.49. The van der Waals surface area contributed by atoms with Crippen LogP contribution in [0, 0.1) is 5.92 Å². The predicted octanol–water partition coefficient (Wildman–Crippen LogP) is 4.30. The van der Waals surface area contributed by atoms with Gasteiger partial charge in [0.1, 0.15) is 17.2 Å². The van der Waals surface area contributed by atoms with Crippen LogP contribution >= 0.6 is 0 Å². The molecule has 0 saturated carbocycles. The molecule has 3 aliphatic rings. The molecule has 1 fully saturated rings. The molecule has 2 heterocycles. The molecule has 4 heteroatoms. The summed E-state index contributed by atoms with van der Waals surface area (Å²) in [5, 5.41) is 0. The lowest BCUT2D eigenvalue weighted by molar-refractivity contribution is 0.00513. The van der Waals surface area contributed by atoms with Crippen LogP contribution < -0.4 is 9.47 Å². The van der Waals surface area contributed by atoms with E-state index >= 15 is 4.39 Å². The number of para-hydroxylation sites is 1. The lowest BCUT2D eigenvalue weighted by Crippen LogP contribution is -2.43. The van der Waals surface area contributed by atoms with E-state index in [0.717, 1.165) is 49.5 Å². The van der Waals surface area contributed by atoms with Gasteiger partial charge >= 0.3 is 0 Å². The summed E-state index contributed by atoms with van der Waals surface area (Å²) in [5.74, 6) is 2.10. The summed E-state index contributed by atoms with van der Waals surface area (Å²) in [6.45, 7) is 3.37. The minimum absolute atomic E-state index is 0.0973. The number of hydrogen-bond acceptors (Lipinski definition) is 3. The number of ether oxygens (including phenoxy) is 2. The highest BCUT2D eigenvalue weighted by molar-refractivity contribution is 5.52. The van der Waals surface area contributed by atoms with Crippen LogP contribution in [0.2, 0.25) is 0 Å². The van der Waals surface area contributed by atoms with Gasteiger partial charge in [-0.15, -0.1) is 0 Å². The zero-order valence-electron chi connectivity index (χ0n) is 15.8. The fourth-order valence-electron chi connectivity index (χ4n) is 5.50. The van der Waals surface area contributed by atoms with Crippen LogP contribution in [0.4, 0.5) is 4.39 Å². The molecular formula is C23H26FNO2. The maximum Gasteiger partial charge on any atom is 0.146 e. The number of likely N-dealkylation sites (tertiary alicyclic amines) is 1. The van der Waals surface area contributed by atoms with Gasteiger partial charge in [-0.1, -0.05) is 30.3 Å². The lowest BCUT2D eigenvalue weighted by atomic mass is 9.77. The van der Waals surface area contributed by atoms with Crippen molar-refractivity contribution in [1.29, 1.82) is 0 Å². The highest BCUT2D eigenvalue weighted by atomic mass is 19.1. The molecule has 2 aromatic carbocycles. The SMILES string of the molecule is COc1ccccc1CCN1CCC2C(C1)c1cccc3c1C2(F)CCO3. The first-order valence-corrected chi connectivity index (χ1v) is 10.00. The molecule has 0 aromatic heterocycles. The largest absolute Gasteiger partial charge is 0.496 e. The van der Waals surface area contributed by atoms with E-state index in [1.165, 1.54) is 11.1 Å². The Balaban J connectivity index is 1.36. The Labute approximate surface area is 160 Å². The van der Waals surface area contributed by atoms with E-state index in [1.807, 2.05) is 24.3 Å². The second-order valence-corrected chi connectivity index (χ2v) is 8.05. The molecule has 0 spiro atoms. The van der Waals surface area contributed by atoms with Crippen LogP contribution in [0.5, 0.6) is 11.5 Å². The van der Waals surface area contributed by atoms with Gasteiger partial charge in [-0.25, -0.2) is 4.39 Å². The number of nitrogens with zero attached hydrogens (tertiary/aromatic N) is 1. The van der Waals surface area contributed by atoms with E-state index in [9.17, 15) is 0 Å². The van der Waals surface area contributed by atoms with Crippen molar-refractivity contribution in [3.63, 3.8) is 0 Å². The van der Waals surface area contributed by atoms with Crippen LogP contribution in [0.1, 0.15) is 35.4 Å². The van der Waals surface area contributed by atoms with Gasteiger partial charge in [-0.2, -0.15) is 0 Å². The van der Waals surface area contributed by atoms with Gasteiger partial charge in [0, 0.05) is 36.9 Å². The van der Waals surface area contributed by atoms with Gasteiger partial charge in [0.05, 0.1) is 13.7 Å². The summed E-state index contributed by atoms with van der Waals surface area (Å²) in [6, 6.07) is 14.3. The summed E-state index contributed by atoms with van der Waals surface area (Å²) >= 11 is 0. The molecule has 3 unspecified atom stereocenters. The number of piperidine rings is 1. The Hall–Kier alpha value is -2.07. The standard InChI is InChI=1S/C23H26FNO2/c1-26-20-7-3-2-5-16(20)9-12-25-13-10-19-18(15-25)17-6-4-8-21-22(17)23(19,24)11-14-27-21/h2-8,18-19H,9-15H2,1H3. The fourth-order valence-corrected chi connectivity index (χ4v) is 5.50. The Morgan fingerprint density at radius 3 is 3.00 bits per heavy atom. The predicted molar refractivity (Wildman–Crippen MR) is 103 cm³/mol. The molecule has 0 bridgehead atoms. The first-order valence-electron chi connectivity index (χ1n) is 10.00. The van der Waals surface area contributed by atoms with Crippen LogP contribution in [0.25, 0.3) is 0 Å². The normalized spacial score (nSPS) is 29.0. The van der Waals surface area contributed by atoms with E-state index in [4.69, 9.17) is 9.47 Å². The molecule has 1 saturated heterocycles. The second-order valence-electron chi connectivity index (χ2n) is 8.05. The molecule has 0 N–H and O–H groups in total. The first-order chi connectivity index (χ1) is 13.2. The molecule has 2 aliphatic heterocycles. The van der Waals surface area contributed by atoms with Gasteiger partial charge in [0.25, 0.3) is 0 Å². The quantitative estimate of drug-likeness (QED) is 0.804. The minimum atomic E-state index is -1.19. The highest BCUT2D eigenvalue weighted by Gasteiger charge is 2.56. The molecule has 0 radical (unpaired) electrons. The number of halogens is 1. The van der Waals surface area contributed by atoms with E-state index in [2.05, 4.69) is 23.1 Å². The van der Waals surface area contributed by atoms with Crippen molar-refractivity contribution in [1.82, 2.24) is 4.90 Å². The molecule has 0 amide bonds.